The van der Waals surface area contributed by atoms with Crippen molar-refractivity contribution in [1.82, 2.24) is 10.7 Å². The third kappa shape index (κ3) is 2.40. The average molecular weight is 297 g/mol. The highest BCUT2D eigenvalue weighted by Crippen LogP contribution is 2.30. The number of hydrogen-bond acceptors (Lipinski definition) is 3. The van der Waals surface area contributed by atoms with Gasteiger partial charge in [0.15, 0.2) is 5.11 Å². The van der Waals surface area contributed by atoms with Crippen molar-refractivity contribution in [2.24, 2.45) is 5.10 Å². The molecule has 0 unspecified atom stereocenters. The lowest BCUT2D eigenvalue weighted by molar-refractivity contribution is 0.106. The predicted octanol–water partition coefficient (Wildman–Crippen LogP) is 2.61. The Kier molecular flexibility index (Phi) is 3.43. The van der Waals surface area contributed by atoms with Gasteiger partial charge in [-0.1, -0.05) is 36.4 Å². The van der Waals surface area contributed by atoms with E-state index in [9.17, 15) is 4.79 Å². The van der Waals surface area contributed by atoms with Crippen LogP contribution in [0.2, 0.25) is 0 Å². The summed E-state index contributed by atoms with van der Waals surface area (Å²) < 4.78 is 0. The van der Waals surface area contributed by atoms with Crippen molar-refractivity contribution >= 4 is 39.6 Å². The molecule has 0 fully saturated rings. The highest BCUT2D eigenvalue weighted by molar-refractivity contribution is 7.80. The van der Waals surface area contributed by atoms with Gasteiger partial charge in [-0.25, -0.2) is 0 Å². The number of nitrogens with one attached hydrogen (secondary N) is 2. The number of benzene rings is 2. The Morgan fingerprint density at radius 3 is 2.48 bits per heavy atom. The molecule has 0 spiro atoms. The van der Waals surface area contributed by atoms with Crippen LogP contribution < -0.4 is 10.7 Å². The minimum absolute atomic E-state index is 0.0679. The molecule has 0 atom stereocenters. The smallest absolute Gasteiger partial charge is 0.214 e. The largest absolute Gasteiger partial charge is 0.359 e. The van der Waals surface area contributed by atoms with Crippen LogP contribution in [0.4, 0.5) is 0 Å². The lowest BCUT2D eigenvalue weighted by Crippen LogP contribution is -2.37. The van der Waals surface area contributed by atoms with E-state index in [2.05, 4.69) is 15.8 Å². The summed E-state index contributed by atoms with van der Waals surface area (Å²) in [7, 11) is 0. The van der Waals surface area contributed by atoms with E-state index >= 15 is 0 Å². The van der Waals surface area contributed by atoms with Crippen molar-refractivity contribution in [2.45, 2.75) is 19.9 Å². The Balaban J connectivity index is 1.98. The summed E-state index contributed by atoms with van der Waals surface area (Å²) in [6.07, 6.45) is 0. The lowest BCUT2D eigenvalue weighted by atomic mass is 10.1. The Bertz CT molecular complexity index is 775. The summed E-state index contributed by atoms with van der Waals surface area (Å²) in [5.74, 6) is -0.0679. The van der Waals surface area contributed by atoms with Crippen molar-refractivity contribution in [2.75, 3.05) is 0 Å². The molecule has 1 aliphatic carbocycles. The van der Waals surface area contributed by atoms with Crippen molar-refractivity contribution < 1.29 is 4.79 Å². The normalized spacial score (nSPS) is 15.0. The number of hydrazone groups is 1. The second-order valence-electron chi connectivity index (χ2n) is 5.24. The molecule has 4 nitrogen and oxygen atoms in total. The van der Waals surface area contributed by atoms with Gasteiger partial charge in [0.25, 0.3) is 0 Å². The van der Waals surface area contributed by atoms with Crippen LogP contribution in [0.15, 0.2) is 41.5 Å². The van der Waals surface area contributed by atoms with E-state index in [4.69, 9.17) is 12.2 Å². The van der Waals surface area contributed by atoms with Gasteiger partial charge in [-0.3, -0.25) is 10.2 Å². The van der Waals surface area contributed by atoms with Crippen LogP contribution in [-0.4, -0.2) is 22.6 Å². The number of Topliss-reactive ketones (excluding diaryl/α,β-unsaturated/α-hetero) is 1. The summed E-state index contributed by atoms with van der Waals surface area (Å²) in [6.45, 7) is 3.97. The van der Waals surface area contributed by atoms with Crippen molar-refractivity contribution in [3.05, 3.63) is 47.5 Å². The second kappa shape index (κ2) is 5.26. The maximum Gasteiger partial charge on any atom is 0.214 e. The molecule has 0 saturated heterocycles. The molecular weight excluding hydrogens is 282 g/mol. The van der Waals surface area contributed by atoms with Crippen molar-refractivity contribution in [3.63, 3.8) is 0 Å². The number of hydrogen-bond donors (Lipinski definition) is 2. The number of ketones is 1. The zero-order chi connectivity index (χ0) is 15.0. The zero-order valence-corrected chi connectivity index (χ0v) is 12.6. The predicted molar refractivity (Wildman–Crippen MR) is 88.8 cm³/mol. The summed E-state index contributed by atoms with van der Waals surface area (Å²) in [5.41, 5.74) is 4.72. The van der Waals surface area contributed by atoms with E-state index in [1.54, 1.807) is 0 Å². The van der Waals surface area contributed by atoms with Crippen LogP contribution in [-0.2, 0) is 0 Å². The quantitative estimate of drug-likeness (QED) is 0.661. The molecular formula is C16H15N3OS. The van der Waals surface area contributed by atoms with Crippen molar-refractivity contribution in [1.29, 1.82) is 0 Å². The summed E-state index contributed by atoms with van der Waals surface area (Å²) in [6, 6.07) is 11.8. The minimum atomic E-state index is -0.0679. The fourth-order valence-corrected chi connectivity index (χ4v) is 2.77. The number of thiocarbonyl (C=S) groups is 1. The van der Waals surface area contributed by atoms with Gasteiger partial charge in [-0.15, -0.1) is 0 Å². The average Bonchev–Trinajstić information content (AvgIpc) is 2.72. The third-order valence-corrected chi connectivity index (χ3v) is 3.52. The molecule has 106 valence electrons. The SMILES string of the molecule is CC(C)NC(=S)N/N=C1\C(=O)c2cccc3cccc1c23. The standard InChI is InChI=1S/C16H15N3OS/c1-9(2)17-16(21)19-18-14-11-7-3-5-10-6-4-8-12(13(10)11)15(14)20/h3-9H,1-2H3,(H2,17,19,21)/b18-14-. The number of carbonyl (C=O) groups is 1. The Labute approximate surface area is 128 Å². The molecule has 0 aromatic heterocycles. The molecule has 3 rings (SSSR count). The van der Waals surface area contributed by atoms with Gasteiger partial charge < -0.3 is 5.32 Å². The van der Waals surface area contributed by atoms with Gasteiger partial charge in [0.05, 0.1) is 0 Å². The summed E-state index contributed by atoms with van der Waals surface area (Å²) in [5, 5.41) is 9.66. The lowest BCUT2D eigenvalue weighted by Gasteiger charge is -2.10. The molecule has 5 heteroatoms. The fraction of sp³-hybridized carbons (Fsp3) is 0.188. The van der Waals surface area contributed by atoms with Gasteiger partial charge in [0, 0.05) is 22.6 Å². The van der Waals surface area contributed by atoms with Crippen molar-refractivity contribution in [3.8, 4) is 0 Å². The van der Waals surface area contributed by atoms with Crippen LogP contribution in [0, 0.1) is 0 Å². The van der Waals surface area contributed by atoms with E-state index in [0.29, 0.717) is 16.4 Å². The molecule has 21 heavy (non-hydrogen) atoms. The summed E-state index contributed by atoms with van der Waals surface area (Å²) in [4.78, 5) is 12.5. The van der Waals surface area contributed by atoms with Crippen LogP contribution >= 0.6 is 12.2 Å². The highest BCUT2D eigenvalue weighted by Gasteiger charge is 2.28. The second-order valence-corrected chi connectivity index (χ2v) is 5.65. The first-order valence-corrected chi connectivity index (χ1v) is 7.20. The molecule has 0 aliphatic heterocycles. The molecule has 2 N–H and O–H groups in total. The molecule has 2 aromatic rings. The third-order valence-electron chi connectivity index (χ3n) is 3.31. The molecule has 0 saturated carbocycles. The van der Waals surface area contributed by atoms with Crippen LogP contribution in [0.3, 0.4) is 0 Å². The van der Waals surface area contributed by atoms with Gasteiger partial charge in [0.2, 0.25) is 5.78 Å². The van der Waals surface area contributed by atoms with Crippen LogP contribution in [0.25, 0.3) is 10.8 Å². The first kappa shape index (κ1) is 13.7. The number of nitrogens with zero attached hydrogens (tertiary/aromatic N) is 1. The Morgan fingerprint density at radius 1 is 1.14 bits per heavy atom. The van der Waals surface area contributed by atoms with E-state index in [0.717, 1.165) is 16.3 Å². The van der Waals surface area contributed by atoms with E-state index < -0.39 is 0 Å². The van der Waals surface area contributed by atoms with Gasteiger partial charge in [0.1, 0.15) is 5.71 Å². The van der Waals surface area contributed by atoms with E-state index in [-0.39, 0.29) is 11.8 Å². The van der Waals surface area contributed by atoms with E-state index in [1.165, 1.54) is 0 Å². The number of rotatable bonds is 2. The van der Waals surface area contributed by atoms with Gasteiger partial charge in [-0.2, -0.15) is 5.10 Å². The summed E-state index contributed by atoms with van der Waals surface area (Å²) >= 11 is 5.13. The molecule has 0 bridgehead atoms. The fourth-order valence-electron chi connectivity index (χ4n) is 2.49. The van der Waals surface area contributed by atoms with Crippen LogP contribution in [0.1, 0.15) is 29.8 Å². The molecule has 0 heterocycles. The number of carbonyl (C=O) groups excluding carboxylic acids is 1. The first-order valence-electron chi connectivity index (χ1n) is 6.79. The Hall–Kier alpha value is -2.27. The topological polar surface area (TPSA) is 53.5 Å². The Morgan fingerprint density at radius 2 is 1.81 bits per heavy atom. The first-order chi connectivity index (χ1) is 10.1. The molecule has 0 radical (unpaired) electrons. The van der Waals surface area contributed by atoms with Crippen LogP contribution in [0.5, 0.6) is 0 Å². The minimum Gasteiger partial charge on any atom is -0.359 e. The van der Waals surface area contributed by atoms with Gasteiger partial charge in [-0.05, 0) is 31.5 Å². The molecule has 1 aliphatic rings. The van der Waals surface area contributed by atoms with Gasteiger partial charge >= 0.3 is 0 Å². The monoisotopic (exact) mass is 297 g/mol. The maximum absolute atomic E-state index is 12.5. The maximum atomic E-state index is 12.5. The molecule has 0 amide bonds. The molecule has 2 aromatic carbocycles. The van der Waals surface area contributed by atoms with E-state index in [1.807, 2.05) is 50.2 Å². The zero-order valence-electron chi connectivity index (χ0n) is 11.8. The highest BCUT2D eigenvalue weighted by atomic mass is 32.1.